The van der Waals surface area contributed by atoms with Crippen molar-refractivity contribution in [3.8, 4) is 0 Å². The van der Waals surface area contributed by atoms with Crippen LogP contribution in [0.25, 0.3) is 0 Å². The fourth-order valence-electron chi connectivity index (χ4n) is 1.64. The fraction of sp³-hybridized carbons (Fsp3) is 0.231. The summed E-state index contributed by atoms with van der Waals surface area (Å²) in [4.78, 5) is 1.45. The number of thiophene rings is 1. The number of hydrogen-bond acceptors (Lipinski definition) is 1. The molecule has 2 N–H and O–H groups in total. The van der Waals surface area contributed by atoms with Gasteiger partial charge in [-0.15, -0.1) is 11.3 Å². The van der Waals surface area contributed by atoms with E-state index in [4.69, 9.17) is 11.6 Å². The largest absolute Gasteiger partial charge is 0.338 e. The first-order valence-corrected chi connectivity index (χ1v) is 6.61. The quantitative estimate of drug-likeness (QED) is 0.862. The average Bonchev–Trinajstić information content (AvgIpc) is 2.67. The van der Waals surface area contributed by atoms with Crippen LogP contribution in [0.15, 0.2) is 35.7 Å². The first-order valence-electron chi connectivity index (χ1n) is 5.35. The Labute approximate surface area is 105 Å². The molecule has 2 rings (SSSR count). The molecule has 1 heterocycles. The molecule has 16 heavy (non-hydrogen) atoms. The van der Waals surface area contributed by atoms with E-state index in [0.29, 0.717) is 0 Å². The zero-order chi connectivity index (χ0) is 11.4. The first-order chi connectivity index (χ1) is 7.77. The Morgan fingerprint density at radius 3 is 2.69 bits per heavy atom. The summed E-state index contributed by atoms with van der Waals surface area (Å²) >= 11 is 7.92. The zero-order valence-corrected chi connectivity index (χ0v) is 10.8. The van der Waals surface area contributed by atoms with Gasteiger partial charge < -0.3 is 5.32 Å². The Morgan fingerprint density at radius 1 is 1.19 bits per heavy atom. The van der Waals surface area contributed by atoms with Crippen LogP contribution in [0, 0.1) is 6.92 Å². The summed E-state index contributed by atoms with van der Waals surface area (Å²) in [6.07, 6.45) is 0. The van der Waals surface area contributed by atoms with Crippen LogP contribution in [-0.4, -0.2) is 0 Å². The van der Waals surface area contributed by atoms with E-state index in [1.807, 2.05) is 29.5 Å². The summed E-state index contributed by atoms with van der Waals surface area (Å²) in [5, 5.41) is 5.30. The van der Waals surface area contributed by atoms with Crippen molar-refractivity contribution in [1.82, 2.24) is 0 Å². The third-order valence-corrected chi connectivity index (χ3v) is 4.03. The molecule has 0 fully saturated rings. The fourth-order valence-corrected chi connectivity index (χ4v) is 2.75. The third-order valence-electron chi connectivity index (χ3n) is 2.62. The Bertz CT molecular complexity index is 464. The Balaban J connectivity index is 1.89. The molecule has 1 nitrogen and oxygen atoms in total. The van der Waals surface area contributed by atoms with Crippen molar-refractivity contribution in [2.75, 3.05) is 0 Å². The molecule has 0 bridgehead atoms. The lowest BCUT2D eigenvalue weighted by molar-refractivity contribution is -0.685. The van der Waals surface area contributed by atoms with E-state index in [2.05, 4.69) is 29.8 Å². The highest BCUT2D eigenvalue weighted by Crippen LogP contribution is 2.15. The maximum absolute atomic E-state index is 6.10. The van der Waals surface area contributed by atoms with Gasteiger partial charge in [-0.1, -0.05) is 29.8 Å². The summed E-state index contributed by atoms with van der Waals surface area (Å²) in [6, 6.07) is 10.2. The van der Waals surface area contributed by atoms with Gasteiger partial charge in [0.1, 0.15) is 13.1 Å². The van der Waals surface area contributed by atoms with Crippen LogP contribution >= 0.6 is 22.9 Å². The minimum atomic E-state index is 0.863. The molecule has 2 aromatic rings. The van der Waals surface area contributed by atoms with Crippen LogP contribution in [0.1, 0.15) is 16.0 Å². The molecule has 0 saturated carbocycles. The van der Waals surface area contributed by atoms with Gasteiger partial charge in [0.2, 0.25) is 0 Å². The van der Waals surface area contributed by atoms with E-state index in [9.17, 15) is 0 Å². The van der Waals surface area contributed by atoms with Crippen LogP contribution in [-0.2, 0) is 13.1 Å². The topological polar surface area (TPSA) is 16.6 Å². The van der Waals surface area contributed by atoms with E-state index in [-0.39, 0.29) is 0 Å². The van der Waals surface area contributed by atoms with Gasteiger partial charge in [-0.05, 0) is 30.0 Å². The molecule has 1 aromatic heterocycles. The molecule has 0 unspecified atom stereocenters. The van der Waals surface area contributed by atoms with Gasteiger partial charge in [0.15, 0.2) is 0 Å². The molecule has 0 spiro atoms. The van der Waals surface area contributed by atoms with E-state index >= 15 is 0 Å². The molecule has 0 aliphatic heterocycles. The van der Waals surface area contributed by atoms with Crippen LogP contribution in [0.2, 0.25) is 5.02 Å². The predicted molar refractivity (Wildman–Crippen MR) is 69.8 cm³/mol. The second kappa shape index (κ2) is 5.48. The molecular weight excluding hydrogens is 238 g/mol. The summed E-state index contributed by atoms with van der Waals surface area (Å²) in [5.74, 6) is 0. The minimum Gasteiger partial charge on any atom is -0.338 e. The average molecular weight is 253 g/mol. The van der Waals surface area contributed by atoms with Crippen molar-refractivity contribution in [1.29, 1.82) is 0 Å². The van der Waals surface area contributed by atoms with Gasteiger partial charge in [0.05, 0.1) is 4.88 Å². The molecule has 1 aromatic carbocycles. The highest BCUT2D eigenvalue weighted by Gasteiger charge is 2.04. The number of quaternary nitrogens is 1. The molecule has 0 radical (unpaired) electrons. The van der Waals surface area contributed by atoms with Crippen LogP contribution < -0.4 is 5.32 Å². The number of benzene rings is 1. The lowest BCUT2D eigenvalue weighted by atomic mass is 10.2. The third kappa shape index (κ3) is 2.85. The van der Waals surface area contributed by atoms with E-state index in [1.54, 1.807) is 0 Å². The zero-order valence-electron chi connectivity index (χ0n) is 9.24. The van der Waals surface area contributed by atoms with Gasteiger partial charge in [0.25, 0.3) is 0 Å². The SMILES string of the molecule is Cc1ccsc1C[NH2+]Cc1ccccc1Cl. The Kier molecular flexibility index (Phi) is 3.99. The maximum atomic E-state index is 6.10. The van der Waals surface area contributed by atoms with Gasteiger partial charge >= 0.3 is 0 Å². The first kappa shape index (κ1) is 11.6. The molecule has 84 valence electrons. The van der Waals surface area contributed by atoms with Crippen molar-refractivity contribution in [2.45, 2.75) is 20.0 Å². The highest BCUT2D eigenvalue weighted by atomic mass is 35.5. The molecule has 0 atom stereocenters. The number of halogens is 1. The van der Waals surface area contributed by atoms with Crippen LogP contribution in [0.5, 0.6) is 0 Å². The van der Waals surface area contributed by atoms with E-state index < -0.39 is 0 Å². The van der Waals surface area contributed by atoms with Crippen LogP contribution in [0.4, 0.5) is 0 Å². The van der Waals surface area contributed by atoms with E-state index in [1.165, 1.54) is 16.0 Å². The van der Waals surface area contributed by atoms with Gasteiger partial charge in [-0.3, -0.25) is 0 Å². The number of nitrogens with two attached hydrogens (primary N) is 1. The molecule has 0 amide bonds. The van der Waals surface area contributed by atoms with Crippen molar-refractivity contribution >= 4 is 22.9 Å². The monoisotopic (exact) mass is 252 g/mol. The summed E-state index contributed by atoms with van der Waals surface area (Å²) < 4.78 is 0. The molecule has 0 aliphatic carbocycles. The van der Waals surface area contributed by atoms with Crippen molar-refractivity contribution < 1.29 is 5.32 Å². The summed E-state index contributed by atoms with van der Waals surface area (Å²) in [7, 11) is 0. The lowest BCUT2D eigenvalue weighted by Crippen LogP contribution is -2.80. The van der Waals surface area contributed by atoms with Crippen LogP contribution in [0.3, 0.4) is 0 Å². The number of aryl methyl sites for hydroxylation is 1. The van der Waals surface area contributed by atoms with Crippen molar-refractivity contribution in [3.05, 3.63) is 56.7 Å². The molecule has 0 saturated heterocycles. The maximum Gasteiger partial charge on any atom is 0.111 e. The van der Waals surface area contributed by atoms with E-state index in [0.717, 1.165) is 18.1 Å². The standard InChI is InChI=1S/C13H14ClNS/c1-10-6-7-16-13(10)9-15-8-11-4-2-3-5-12(11)14/h2-7,15H,8-9H2,1H3/p+1. The Hall–Kier alpha value is -0.830. The normalized spacial score (nSPS) is 10.6. The molecule has 3 heteroatoms. The second-order valence-corrected chi connectivity index (χ2v) is 5.22. The van der Waals surface area contributed by atoms with Gasteiger partial charge in [-0.25, -0.2) is 0 Å². The smallest absolute Gasteiger partial charge is 0.111 e. The number of hydrogen-bond donors (Lipinski definition) is 1. The molecule has 0 aliphatic rings. The second-order valence-electron chi connectivity index (χ2n) is 3.82. The number of rotatable bonds is 4. The predicted octanol–water partition coefficient (Wildman–Crippen LogP) is 2.97. The lowest BCUT2D eigenvalue weighted by Gasteiger charge is -2.03. The Morgan fingerprint density at radius 2 is 2.00 bits per heavy atom. The van der Waals surface area contributed by atoms with Gasteiger partial charge in [-0.2, -0.15) is 0 Å². The van der Waals surface area contributed by atoms with Crippen molar-refractivity contribution in [2.24, 2.45) is 0 Å². The molecular formula is C13H15ClNS+. The van der Waals surface area contributed by atoms with Crippen molar-refractivity contribution in [3.63, 3.8) is 0 Å². The van der Waals surface area contributed by atoms with Gasteiger partial charge in [0, 0.05) is 10.6 Å². The minimum absolute atomic E-state index is 0.863. The highest BCUT2D eigenvalue weighted by molar-refractivity contribution is 7.10. The summed E-state index contributed by atoms with van der Waals surface area (Å²) in [6.45, 7) is 4.14. The summed E-state index contributed by atoms with van der Waals surface area (Å²) in [5.41, 5.74) is 2.60.